The summed E-state index contributed by atoms with van der Waals surface area (Å²) in [4.78, 5) is 39.2. The van der Waals surface area contributed by atoms with Gasteiger partial charge < -0.3 is 10.1 Å². The van der Waals surface area contributed by atoms with E-state index in [1.807, 2.05) is 42.5 Å². The molecule has 6 nitrogen and oxygen atoms in total. The van der Waals surface area contributed by atoms with E-state index in [-0.39, 0.29) is 24.5 Å². The molecule has 1 N–H and O–H groups in total. The lowest BCUT2D eigenvalue weighted by atomic mass is 9.64. The number of amides is 3. The summed E-state index contributed by atoms with van der Waals surface area (Å²) >= 11 is 0. The number of nitrogens with zero attached hydrogens (tertiary/aromatic N) is 1. The highest BCUT2D eigenvalue weighted by molar-refractivity contribution is 6.08. The summed E-state index contributed by atoms with van der Waals surface area (Å²) in [6.45, 7) is 6.06. The highest BCUT2D eigenvalue weighted by atomic mass is 16.5. The Kier molecular flexibility index (Phi) is 5.04. The molecule has 1 aliphatic heterocycles. The van der Waals surface area contributed by atoms with Crippen molar-refractivity contribution in [3.8, 4) is 0 Å². The van der Waals surface area contributed by atoms with Crippen LogP contribution < -0.4 is 5.32 Å². The van der Waals surface area contributed by atoms with Crippen LogP contribution >= 0.6 is 0 Å². The van der Waals surface area contributed by atoms with Gasteiger partial charge in [0.05, 0.1) is 0 Å². The van der Waals surface area contributed by atoms with Crippen LogP contribution in [0.15, 0.2) is 42.5 Å². The normalized spacial score (nSPS) is 25.6. The fourth-order valence-electron chi connectivity index (χ4n) is 5.40. The fourth-order valence-corrected chi connectivity index (χ4v) is 5.40. The van der Waals surface area contributed by atoms with Crippen LogP contribution in [0.1, 0.15) is 45.6 Å². The molecule has 6 heteroatoms. The van der Waals surface area contributed by atoms with Gasteiger partial charge in [-0.3, -0.25) is 14.5 Å². The maximum Gasteiger partial charge on any atom is 0.326 e. The minimum atomic E-state index is -0.909. The monoisotopic (exact) mass is 408 g/mol. The standard InChI is InChI=1S/C24H28N2O4/c1-16-11-23(2,3)15-24(12-16)21(28)26(22(29)25-24)13-20(27)30-14-18-9-6-8-17-7-4-5-10-19(17)18/h4-10,16H,11-15H2,1-3H3,(H,25,29)/t16-,24+/m1/s1. The van der Waals surface area contributed by atoms with Gasteiger partial charge in [0, 0.05) is 0 Å². The lowest BCUT2D eigenvalue weighted by Crippen LogP contribution is -2.54. The molecule has 1 saturated heterocycles. The van der Waals surface area contributed by atoms with E-state index in [4.69, 9.17) is 4.74 Å². The SMILES string of the molecule is C[C@@H]1CC(C)(C)C[C@]2(C1)NC(=O)N(CC(=O)OCc1cccc3ccccc13)C2=O. The van der Waals surface area contributed by atoms with E-state index in [1.165, 1.54) is 0 Å². The van der Waals surface area contributed by atoms with Crippen LogP contribution in [0.5, 0.6) is 0 Å². The van der Waals surface area contributed by atoms with Crippen molar-refractivity contribution in [3.05, 3.63) is 48.0 Å². The molecular weight excluding hydrogens is 380 g/mol. The number of fused-ring (bicyclic) bond motifs is 1. The van der Waals surface area contributed by atoms with Gasteiger partial charge in [0.1, 0.15) is 18.7 Å². The number of imide groups is 1. The van der Waals surface area contributed by atoms with Crippen LogP contribution in [0.25, 0.3) is 10.8 Å². The van der Waals surface area contributed by atoms with Crippen LogP contribution in [0.2, 0.25) is 0 Å². The lowest BCUT2D eigenvalue weighted by Gasteiger charge is -2.43. The summed E-state index contributed by atoms with van der Waals surface area (Å²) in [6, 6.07) is 13.2. The Morgan fingerprint density at radius 2 is 1.87 bits per heavy atom. The highest BCUT2D eigenvalue weighted by Gasteiger charge is 2.56. The number of carbonyl (C=O) groups excluding carboxylic acids is 3. The van der Waals surface area contributed by atoms with Gasteiger partial charge in [0.2, 0.25) is 0 Å². The van der Waals surface area contributed by atoms with E-state index in [0.717, 1.165) is 27.7 Å². The molecule has 4 rings (SSSR count). The van der Waals surface area contributed by atoms with Crippen molar-refractivity contribution in [2.45, 2.75) is 52.2 Å². The van der Waals surface area contributed by atoms with Crippen molar-refractivity contribution >= 4 is 28.7 Å². The Balaban J connectivity index is 1.43. The molecule has 0 radical (unpaired) electrons. The summed E-state index contributed by atoms with van der Waals surface area (Å²) in [7, 11) is 0. The van der Waals surface area contributed by atoms with Crippen molar-refractivity contribution in [1.29, 1.82) is 0 Å². The number of hydrogen-bond acceptors (Lipinski definition) is 4. The molecule has 1 aliphatic carbocycles. The van der Waals surface area contributed by atoms with Crippen molar-refractivity contribution in [3.63, 3.8) is 0 Å². The molecule has 1 saturated carbocycles. The van der Waals surface area contributed by atoms with Gasteiger partial charge in [0.25, 0.3) is 5.91 Å². The first-order chi connectivity index (χ1) is 14.2. The number of benzene rings is 2. The topological polar surface area (TPSA) is 75.7 Å². The molecule has 1 spiro atoms. The third-order valence-electron chi connectivity index (χ3n) is 6.18. The fraction of sp³-hybridized carbons (Fsp3) is 0.458. The highest BCUT2D eigenvalue weighted by Crippen LogP contribution is 2.46. The van der Waals surface area contributed by atoms with Crippen LogP contribution in [-0.2, 0) is 20.9 Å². The van der Waals surface area contributed by atoms with Crippen molar-refractivity contribution in [2.75, 3.05) is 6.54 Å². The van der Waals surface area contributed by atoms with E-state index >= 15 is 0 Å². The van der Waals surface area contributed by atoms with E-state index in [1.54, 1.807) is 0 Å². The average Bonchev–Trinajstić information content (AvgIpc) is 2.88. The number of nitrogens with one attached hydrogen (secondary N) is 1. The molecular formula is C24H28N2O4. The smallest absolute Gasteiger partial charge is 0.326 e. The molecule has 2 aliphatic rings. The van der Waals surface area contributed by atoms with E-state index < -0.39 is 17.5 Å². The second-order valence-corrected chi connectivity index (χ2v) is 9.56. The summed E-state index contributed by atoms with van der Waals surface area (Å²) in [5, 5.41) is 4.97. The third kappa shape index (κ3) is 3.78. The summed E-state index contributed by atoms with van der Waals surface area (Å²) < 4.78 is 5.42. The van der Waals surface area contributed by atoms with Gasteiger partial charge in [-0.25, -0.2) is 4.79 Å². The van der Waals surface area contributed by atoms with Crippen LogP contribution in [-0.4, -0.2) is 34.9 Å². The van der Waals surface area contributed by atoms with Gasteiger partial charge in [-0.1, -0.05) is 63.2 Å². The third-order valence-corrected chi connectivity index (χ3v) is 6.18. The molecule has 1 heterocycles. The Bertz CT molecular complexity index is 1010. The van der Waals surface area contributed by atoms with E-state index in [9.17, 15) is 14.4 Å². The van der Waals surface area contributed by atoms with Crippen molar-refractivity contribution in [1.82, 2.24) is 10.2 Å². The summed E-state index contributed by atoms with van der Waals surface area (Å²) in [5.74, 6) is -0.586. The number of hydrogen-bond donors (Lipinski definition) is 1. The number of carbonyl (C=O) groups is 3. The van der Waals surface area contributed by atoms with Gasteiger partial charge >= 0.3 is 12.0 Å². The molecule has 2 atom stereocenters. The lowest BCUT2D eigenvalue weighted by molar-refractivity contribution is -0.149. The van der Waals surface area contributed by atoms with Gasteiger partial charge in [-0.15, -0.1) is 0 Å². The second kappa shape index (κ2) is 7.42. The van der Waals surface area contributed by atoms with Crippen LogP contribution in [0.3, 0.4) is 0 Å². The Hall–Kier alpha value is -2.89. The maximum atomic E-state index is 13.1. The molecule has 0 unspecified atom stereocenters. The van der Waals surface area contributed by atoms with Crippen LogP contribution in [0, 0.1) is 11.3 Å². The van der Waals surface area contributed by atoms with Gasteiger partial charge in [-0.05, 0) is 46.9 Å². The Labute approximate surface area is 176 Å². The predicted octanol–water partition coefficient (Wildman–Crippen LogP) is 4.02. The average molecular weight is 408 g/mol. The zero-order valence-corrected chi connectivity index (χ0v) is 17.7. The van der Waals surface area contributed by atoms with E-state index in [0.29, 0.717) is 18.8 Å². The van der Waals surface area contributed by atoms with Crippen LogP contribution in [0.4, 0.5) is 4.79 Å². The zero-order chi connectivity index (χ0) is 21.5. The molecule has 3 amide bonds. The quantitative estimate of drug-likeness (QED) is 0.612. The predicted molar refractivity (Wildman–Crippen MR) is 114 cm³/mol. The first-order valence-electron chi connectivity index (χ1n) is 10.5. The minimum Gasteiger partial charge on any atom is -0.459 e. The first-order valence-corrected chi connectivity index (χ1v) is 10.5. The molecule has 2 fully saturated rings. The van der Waals surface area contributed by atoms with Crippen molar-refractivity contribution < 1.29 is 19.1 Å². The molecule has 2 aromatic carbocycles. The van der Waals surface area contributed by atoms with Gasteiger partial charge in [-0.2, -0.15) is 0 Å². The maximum absolute atomic E-state index is 13.1. The molecule has 158 valence electrons. The molecule has 0 bridgehead atoms. The second-order valence-electron chi connectivity index (χ2n) is 9.56. The molecule has 2 aromatic rings. The summed E-state index contributed by atoms with van der Waals surface area (Å²) in [6.07, 6.45) is 2.18. The first kappa shape index (κ1) is 20.4. The largest absolute Gasteiger partial charge is 0.459 e. The molecule has 0 aromatic heterocycles. The Morgan fingerprint density at radius 1 is 1.13 bits per heavy atom. The summed E-state index contributed by atoms with van der Waals surface area (Å²) in [5.41, 5.74) is -0.0717. The number of urea groups is 1. The molecule has 30 heavy (non-hydrogen) atoms. The van der Waals surface area contributed by atoms with Gasteiger partial charge in [0.15, 0.2) is 0 Å². The Morgan fingerprint density at radius 3 is 2.63 bits per heavy atom. The zero-order valence-electron chi connectivity index (χ0n) is 17.7. The van der Waals surface area contributed by atoms with E-state index in [2.05, 4.69) is 26.1 Å². The van der Waals surface area contributed by atoms with Crippen molar-refractivity contribution in [2.24, 2.45) is 11.3 Å². The minimum absolute atomic E-state index is 0.0501. The number of esters is 1. The number of ether oxygens (including phenoxy) is 1. The number of rotatable bonds is 4.